The van der Waals surface area contributed by atoms with Crippen LogP contribution in [0.1, 0.15) is 41.4 Å². The lowest BCUT2D eigenvalue weighted by atomic mass is 10.1. The van der Waals surface area contributed by atoms with Gasteiger partial charge >= 0.3 is 6.18 Å². The molecule has 168 valence electrons. The minimum atomic E-state index is -4.51. The van der Waals surface area contributed by atoms with Crippen molar-refractivity contribution in [3.63, 3.8) is 0 Å². The molecule has 0 aromatic carbocycles. The molecule has 0 fully saturated rings. The zero-order valence-corrected chi connectivity index (χ0v) is 17.5. The van der Waals surface area contributed by atoms with Gasteiger partial charge in [-0.15, -0.1) is 0 Å². The van der Waals surface area contributed by atoms with Crippen LogP contribution in [0.5, 0.6) is 11.6 Å². The maximum Gasteiger partial charge on any atom is 0.422 e. The fraction of sp³-hybridized carbons (Fsp3) is 0.450. The first kappa shape index (κ1) is 24.0. The Morgan fingerprint density at radius 2 is 1.90 bits per heavy atom. The van der Waals surface area contributed by atoms with E-state index in [4.69, 9.17) is 4.74 Å². The van der Waals surface area contributed by atoms with Crippen molar-refractivity contribution in [1.82, 2.24) is 20.3 Å². The number of rotatable bonds is 9. The molecule has 1 amide bonds. The number of hydrogen-bond donors (Lipinski definition) is 1. The van der Waals surface area contributed by atoms with E-state index in [1.54, 1.807) is 20.8 Å². The molecule has 2 aromatic rings. The average Bonchev–Trinajstić information content (AvgIpc) is 2.69. The van der Waals surface area contributed by atoms with Gasteiger partial charge in [-0.25, -0.2) is 15.0 Å². The van der Waals surface area contributed by atoms with Gasteiger partial charge in [-0.05, 0) is 24.6 Å². The number of carbonyl (C=O) groups excluding carboxylic acids is 2. The Bertz CT molecular complexity index is 949. The summed E-state index contributed by atoms with van der Waals surface area (Å²) in [7, 11) is 1.27. The number of nitrogens with one attached hydrogen (secondary N) is 1. The molecule has 0 aliphatic heterocycles. The molecule has 0 atom stereocenters. The fourth-order valence-electron chi connectivity index (χ4n) is 2.43. The van der Waals surface area contributed by atoms with Gasteiger partial charge in [0, 0.05) is 24.4 Å². The summed E-state index contributed by atoms with van der Waals surface area (Å²) in [5.74, 6) is -0.752. The summed E-state index contributed by atoms with van der Waals surface area (Å²) < 4.78 is 46.6. The van der Waals surface area contributed by atoms with Crippen molar-refractivity contribution in [2.45, 2.75) is 39.9 Å². The number of aryl methyl sites for hydroxylation is 1. The highest BCUT2D eigenvalue weighted by Gasteiger charge is 2.29. The minimum absolute atomic E-state index is 0.00311. The number of halogens is 3. The Labute approximate surface area is 177 Å². The molecule has 2 aromatic heterocycles. The van der Waals surface area contributed by atoms with Crippen LogP contribution in [0.3, 0.4) is 0 Å². The number of methoxy groups -OCH3 is 1. The van der Waals surface area contributed by atoms with E-state index in [2.05, 4.69) is 25.0 Å². The van der Waals surface area contributed by atoms with Crippen LogP contribution in [0.15, 0.2) is 18.3 Å². The summed E-state index contributed by atoms with van der Waals surface area (Å²) in [6.45, 7) is 3.75. The van der Waals surface area contributed by atoms with E-state index < -0.39 is 18.7 Å². The zero-order valence-electron chi connectivity index (χ0n) is 17.5. The number of alkyl halides is 3. The third-order valence-electron chi connectivity index (χ3n) is 4.03. The van der Waals surface area contributed by atoms with Crippen LogP contribution in [0, 0.1) is 12.8 Å². The fourth-order valence-corrected chi connectivity index (χ4v) is 2.43. The summed E-state index contributed by atoms with van der Waals surface area (Å²) in [5.41, 5.74) is 1.12. The third-order valence-corrected chi connectivity index (χ3v) is 4.03. The van der Waals surface area contributed by atoms with E-state index in [0.29, 0.717) is 11.3 Å². The van der Waals surface area contributed by atoms with Crippen LogP contribution < -0.4 is 14.8 Å². The minimum Gasteiger partial charge on any atom is -0.491 e. The molecule has 1 N–H and O–H groups in total. The largest absolute Gasteiger partial charge is 0.491 e. The molecule has 0 aliphatic carbocycles. The van der Waals surface area contributed by atoms with Gasteiger partial charge in [-0.1, -0.05) is 13.8 Å². The number of nitrogens with zero attached hydrogens (tertiary/aromatic N) is 3. The van der Waals surface area contributed by atoms with E-state index in [9.17, 15) is 22.8 Å². The first-order chi connectivity index (χ1) is 14.5. The van der Waals surface area contributed by atoms with Crippen LogP contribution in [-0.2, 0) is 17.8 Å². The van der Waals surface area contributed by atoms with E-state index in [-0.39, 0.29) is 47.8 Å². The van der Waals surface area contributed by atoms with E-state index in [1.165, 1.54) is 25.4 Å². The molecule has 2 rings (SSSR count). The molecule has 8 nitrogen and oxygen atoms in total. The number of amides is 1. The number of ether oxygens (including phenoxy) is 2. The number of aromatic nitrogens is 3. The van der Waals surface area contributed by atoms with Gasteiger partial charge in [0.25, 0.3) is 11.8 Å². The van der Waals surface area contributed by atoms with Gasteiger partial charge in [0.05, 0.1) is 13.5 Å². The number of carbonyl (C=O) groups is 2. The maximum absolute atomic E-state index is 12.5. The number of ketones is 1. The van der Waals surface area contributed by atoms with Gasteiger partial charge in [-0.2, -0.15) is 13.2 Å². The predicted octanol–water partition coefficient (Wildman–Crippen LogP) is 2.83. The van der Waals surface area contributed by atoms with Crippen LogP contribution in [0.4, 0.5) is 13.2 Å². The molecular formula is C20H23F3N4O4. The Morgan fingerprint density at radius 3 is 2.52 bits per heavy atom. The standard InChI is InChI=1S/C20H23F3N4O4/c1-11(2)15(28)7-17-26-12(3)5-14(27-17)18(29)24-8-13-6-16(30-4)19(25-9-13)31-10-20(21,22)23/h5-6,9,11H,7-8,10H2,1-4H3,(H,24,29). The predicted molar refractivity (Wildman–Crippen MR) is 104 cm³/mol. The zero-order chi connectivity index (χ0) is 23.2. The lowest BCUT2D eigenvalue weighted by Gasteiger charge is -2.13. The summed E-state index contributed by atoms with van der Waals surface area (Å²) in [5, 5.41) is 2.64. The van der Waals surface area contributed by atoms with Gasteiger partial charge in [-0.3, -0.25) is 9.59 Å². The van der Waals surface area contributed by atoms with Gasteiger partial charge < -0.3 is 14.8 Å². The Balaban J connectivity index is 2.06. The second-order valence-corrected chi connectivity index (χ2v) is 7.05. The van der Waals surface area contributed by atoms with Crippen molar-refractivity contribution >= 4 is 11.7 Å². The molecule has 0 aliphatic rings. The SMILES string of the molecule is COc1cc(CNC(=O)c2cc(C)nc(CC(=O)C(C)C)n2)cnc1OCC(F)(F)F. The van der Waals surface area contributed by atoms with Crippen molar-refractivity contribution in [1.29, 1.82) is 0 Å². The maximum atomic E-state index is 12.5. The highest BCUT2D eigenvalue weighted by atomic mass is 19.4. The molecular weight excluding hydrogens is 417 g/mol. The number of hydrogen-bond acceptors (Lipinski definition) is 7. The van der Waals surface area contributed by atoms with Crippen LogP contribution in [-0.4, -0.2) is 46.5 Å². The van der Waals surface area contributed by atoms with Crippen molar-refractivity contribution < 1.29 is 32.2 Å². The summed E-state index contributed by atoms with van der Waals surface area (Å²) in [6.07, 6.45) is -3.21. The van der Waals surface area contributed by atoms with Crippen LogP contribution >= 0.6 is 0 Å². The Kier molecular flexibility index (Phi) is 7.89. The Hall–Kier alpha value is -3.24. The van der Waals surface area contributed by atoms with Crippen molar-refractivity contribution in [2.75, 3.05) is 13.7 Å². The average molecular weight is 440 g/mol. The second-order valence-electron chi connectivity index (χ2n) is 7.05. The first-order valence-electron chi connectivity index (χ1n) is 9.36. The van der Waals surface area contributed by atoms with E-state index in [1.807, 2.05) is 0 Å². The molecule has 0 saturated heterocycles. The highest BCUT2D eigenvalue weighted by Crippen LogP contribution is 2.27. The van der Waals surface area contributed by atoms with E-state index in [0.717, 1.165) is 0 Å². The first-order valence-corrected chi connectivity index (χ1v) is 9.36. The topological polar surface area (TPSA) is 103 Å². The number of pyridine rings is 1. The normalized spacial score (nSPS) is 11.4. The molecule has 0 bridgehead atoms. The van der Waals surface area contributed by atoms with Gasteiger partial charge in [0.15, 0.2) is 12.4 Å². The Morgan fingerprint density at radius 1 is 1.19 bits per heavy atom. The summed E-state index contributed by atoms with van der Waals surface area (Å²) >= 11 is 0. The third kappa shape index (κ3) is 7.50. The molecule has 0 spiro atoms. The van der Waals surface area contributed by atoms with Gasteiger partial charge in [0.2, 0.25) is 0 Å². The lowest BCUT2D eigenvalue weighted by molar-refractivity contribution is -0.154. The van der Waals surface area contributed by atoms with Gasteiger partial charge in [0.1, 0.15) is 17.3 Å². The lowest BCUT2D eigenvalue weighted by Crippen LogP contribution is -2.25. The smallest absolute Gasteiger partial charge is 0.422 e. The second kappa shape index (κ2) is 10.2. The molecule has 0 saturated carbocycles. The van der Waals surface area contributed by atoms with Crippen molar-refractivity contribution in [3.8, 4) is 11.6 Å². The molecule has 11 heteroatoms. The van der Waals surface area contributed by atoms with Crippen molar-refractivity contribution in [3.05, 3.63) is 41.1 Å². The summed E-state index contributed by atoms with van der Waals surface area (Å²) in [4.78, 5) is 36.6. The molecule has 2 heterocycles. The number of Topliss-reactive ketones (excluding diaryl/α,β-unsaturated/α-hetero) is 1. The van der Waals surface area contributed by atoms with E-state index >= 15 is 0 Å². The van der Waals surface area contributed by atoms with Crippen molar-refractivity contribution in [2.24, 2.45) is 5.92 Å². The molecule has 0 radical (unpaired) electrons. The molecule has 0 unspecified atom stereocenters. The quantitative estimate of drug-likeness (QED) is 0.640. The van der Waals surface area contributed by atoms with Crippen LogP contribution in [0.25, 0.3) is 0 Å². The monoisotopic (exact) mass is 440 g/mol. The summed E-state index contributed by atoms with van der Waals surface area (Å²) in [6, 6.07) is 2.91. The molecule has 31 heavy (non-hydrogen) atoms. The highest BCUT2D eigenvalue weighted by molar-refractivity contribution is 5.92. The van der Waals surface area contributed by atoms with Crippen LogP contribution in [0.2, 0.25) is 0 Å².